The van der Waals surface area contributed by atoms with Crippen LogP contribution in [0.5, 0.6) is 11.5 Å². The fraction of sp³-hybridized carbons (Fsp3) is 0.185. The van der Waals surface area contributed by atoms with Crippen molar-refractivity contribution in [1.29, 1.82) is 0 Å². The third-order valence-electron chi connectivity index (χ3n) is 5.11. The van der Waals surface area contributed by atoms with Crippen LogP contribution in [0, 0.1) is 13.8 Å². The third-order valence-corrected chi connectivity index (χ3v) is 6.27. The van der Waals surface area contributed by atoms with Crippen molar-refractivity contribution in [3.63, 3.8) is 0 Å². The van der Waals surface area contributed by atoms with E-state index in [2.05, 4.69) is 10.3 Å². The van der Waals surface area contributed by atoms with Crippen molar-refractivity contribution in [1.82, 2.24) is 5.32 Å². The summed E-state index contributed by atoms with van der Waals surface area (Å²) in [6, 6.07) is 19.2. The molecule has 1 amide bonds. The lowest BCUT2D eigenvalue weighted by Crippen LogP contribution is -2.19. The zero-order valence-corrected chi connectivity index (χ0v) is 20.8. The van der Waals surface area contributed by atoms with E-state index in [0.29, 0.717) is 39.8 Å². The van der Waals surface area contributed by atoms with Crippen LogP contribution in [0.15, 0.2) is 70.6 Å². The highest BCUT2D eigenvalue weighted by Gasteiger charge is 2.24. The fourth-order valence-electron chi connectivity index (χ4n) is 3.32. The Labute approximate surface area is 208 Å². The maximum absolute atomic E-state index is 12.5. The maximum atomic E-state index is 12.5. The highest BCUT2D eigenvalue weighted by atomic mass is 35.5. The lowest BCUT2D eigenvalue weighted by Gasteiger charge is -2.13. The minimum Gasteiger partial charge on any atom is -0.490 e. The van der Waals surface area contributed by atoms with Gasteiger partial charge in [-0.15, -0.1) is 0 Å². The van der Waals surface area contributed by atoms with Gasteiger partial charge in [-0.3, -0.25) is 4.79 Å². The number of hydrogen-bond donors (Lipinski definition) is 1. The van der Waals surface area contributed by atoms with Crippen LogP contribution in [0.25, 0.3) is 6.08 Å². The quantitative estimate of drug-likeness (QED) is 0.367. The molecule has 34 heavy (non-hydrogen) atoms. The van der Waals surface area contributed by atoms with Gasteiger partial charge in [0.05, 0.1) is 17.2 Å². The van der Waals surface area contributed by atoms with Gasteiger partial charge in [0, 0.05) is 5.02 Å². The number of carbonyl (C=O) groups is 1. The number of nitrogens with one attached hydrogen (secondary N) is 1. The molecule has 1 aliphatic rings. The first kappa shape index (κ1) is 23.9. The van der Waals surface area contributed by atoms with E-state index in [-0.39, 0.29) is 5.91 Å². The Balaban J connectivity index is 1.52. The summed E-state index contributed by atoms with van der Waals surface area (Å²) >= 11 is 7.27. The molecular formula is C27H25ClN2O3S. The van der Waals surface area contributed by atoms with Crippen molar-refractivity contribution < 1.29 is 14.3 Å². The number of amidine groups is 1. The van der Waals surface area contributed by atoms with E-state index in [9.17, 15) is 4.79 Å². The summed E-state index contributed by atoms with van der Waals surface area (Å²) < 4.78 is 11.8. The van der Waals surface area contributed by atoms with Crippen molar-refractivity contribution in [3.8, 4) is 11.5 Å². The number of benzene rings is 3. The van der Waals surface area contributed by atoms with E-state index in [1.165, 1.54) is 11.8 Å². The zero-order chi connectivity index (χ0) is 24.1. The lowest BCUT2D eigenvalue weighted by atomic mass is 10.1. The van der Waals surface area contributed by atoms with Crippen molar-refractivity contribution in [2.45, 2.75) is 27.4 Å². The Bertz CT molecular complexity index is 1270. The van der Waals surface area contributed by atoms with Crippen LogP contribution in [0.3, 0.4) is 0 Å². The predicted molar refractivity (Wildman–Crippen MR) is 140 cm³/mol. The molecule has 4 rings (SSSR count). The van der Waals surface area contributed by atoms with E-state index in [0.717, 1.165) is 27.9 Å². The van der Waals surface area contributed by atoms with Crippen molar-refractivity contribution in [2.24, 2.45) is 4.99 Å². The molecular weight excluding hydrogens is 468 g/mol. The van der Waals surface area contributed by atoms with E-state index < -0.39 is 0 Å². The molecule has 3 aromatic rings. The monoisotopic (exact) mass is 492 g/mol. The number of nitrogens with zero attached hydrogens (tertiary/aromatic N) is 1. The Morgan fingerprint density at radius 1 is 1.00 bits per heavy atom. The average Bonchev–Trinajstić information content (AvgIpc) is 3.15. The normalized spacial score (nSPS) is 15.6. The number of hydrogen-bond acceptors (Lipinski definition) is 5. The van der Waals surface area contributed by atoms with Crippen LogP contribution in [-0.2, 0) is 11.4 Å². The highest BCUT2D eigenvalue weighted by Crippen LogP contribution is 2.33. The Kier molecular flexibility index (Phi) is 7.60. The van der Waals surface area contributed by atoms with Gasteiger partial charge in [-0.2, -0.15) is 0 Å². The van der Waals surface area contributed by atoms with E-state index in [1.807, 2.05) is 87.5 Å². The van der Waals surface area contributed by atoms with Gasteiger partial charge in [-0.05, 0) is 91.2 Å². The summed E-state index contributed by atoms with van der Waals surface area (Å²) in [5.74, 6) is 1.09. The molecule has 1 aliphatic heterocycles. The lowest BCUT2D eigenvalue weighted by molar-refractivity contribution is -0.115. The topological polar surface area (TPSA) is 59.9 Å². The summed E-state index contributed by atoms with van der Waals surface area (Å²) in [7, 11) is 0. The molecule has 1 fully saturated rings. The minimum absolute atomic E-state index is 0.171. The smallest absolute Gasteiger partial charge is 0.264 e. The number of carbonyl (C=O) groups excluding carboxylic acids is 1. The molecule has 174 valence electrons. The predicted octanol–water partition coefficient (Wildman–Crippen LogP) is 6.83. The molecule has 1 heterocycles. The average molecular weight is 493 g/mol. The fourth-order valence-corrected chi connectivity index (χ4v) is 4.29. The van der Waals surface area contributed by atoms with E-state index in [1.54, 1.807) is 0 Å². The van der Waals surface area contributed by atoms with E-state index >= 15 is 0 Å². The number of thioether (sulfide) groups is 1. The Hall–Kier alpha value is -3.22. The highest BCUT2D eigenvalue weighted by molar-refractivity contribution is 8.18. The molecule has 0 atom stereocenters. The first-order valence-corrected chi connectivity index (χ1v) is 12.1. The number of rotatable bonds is 7. The Morgan fingerprint density at radius 2 is 1.79 bits per heavy atom. The molecule has 5 nitrogen and oxygen atoms in total. The molecule has 1 N–H and O–H groups in total. The second-order valence-corrected chi connectivity index (χ2v) is 9.29. The summed E-state index contributed by atoms with van der Waals surface area (Å²) in [5.41, 5.74) is 4.88. The largest absolute Gasteiger partial charge is 0.490 e. The van der Waals surface area contributed by atoms with Crippen LogP contribution in [0.4, 0.5) is 5.69 Å². The van der Waals surface area contributed by atoms with Crippen LogP contribution < -0.4 is 14.8 Å². The van der Waals surface area contributed by atoms with Crippen LogP contribution in [-0.4, -0.2) is 17.7 Å². The van der Waals surface area contributed by atoms with Gasteiger partial charge in [-0.25, -0.2) is 4.99 Å². The summed E-state index contributed by atoms with van der Waals surface area (Å²) in [6.07, 6.45) is 1.83. The molecule has 0 aromatic heterocycles. The molecule has 0 radical (unpaired) electrons. The van der Waals surface area contributed by atoms with Gasteiger partial charge >= 0.3 is 0 Å². The number of ether oxygens (including phenoxy) is 2. The van der Waals surface area contributed by atoms with Crippen molar-refractivity contribution >= 4 is 46.2 Å². The number of amides is 1. The minimum atomic E-state index is -0.171. The number of halogens is 1. The summed E-state index contributed by atoms with van der Waals surface area (Å²) in [5, 5.41) is 4.11. The summed E-state index contributed by atoms with van der Waals surface area (Å²) in [6.45, 7) is 6.84. The van der Waals surface area contributed by atoms with Crippen molar-refractivity contribution in [3.05, 3.63) is 92.8 Å². The molecule has 0 bridgehead atoms. The standard InChI is InChI=1S/C27H25ClN2O3S/c1-4-32-24-14-20(9-12-23(24)33-16-19-7-10-21(28)11-8-19)15-25-26(31)30-27(34-25)29-22-13-17(2)5-6-18(22)3/h5-15H,4,16H2,1-3H3,(H,29,30,31). The van der Waals surface area contributed by atoms with Crippen LogP contribution >= 0.6 is 23.4 Å². The van der Waals surface area contributed by atoms with Crippen LogP contribution in [0.1, 0.15) is 29.2 Å². The third kappa shape index (κ3) is 6.01. The molecule has 0 saturated carbocycles. The first-order chi connectivity index (χ1) is 16.4. The van der Waals surface area contributed by atoms with Crippen LogP contribution in [0.2, 0.25) is 5.02 Å². The molecule has 3 aromatic carbocycles. The van der Waals surface area contributed by atoms with E-state index in [4.69, 9.17) is 21.1 Å². The second-order valence-electron chi connectivity index (χ2n) is 7.83. The Morgan fingerprint density at radius 3 is 2.56 bits per heavy atom. The zero-order valence-electron chi connectivity index (χ0n) is 19.2. The maximum Gasteiger partial charge on any atom is 0.264 e. The van der Waals surface area contributed by atoms with Gasteiger partial charge in [0.2, 0.25) is 0 Å². The molecule has 7 heteroatoms. The number of aliphatic imine (C=N–C) groups is 1. The molecule has 0 aliphatic carbocycles. The molecule has 0 spiro atoms. The SMILES string of the molecule is CCOc1cc(C=C2SC(=Nc3cc(C)ccc3C)NC2=O)ccc1OCc1ccc(Cl)cc1. The van der Waals surface area contributed by atoms with Gasteiger partial charge < -0.3 is 14.8 Å². The van der Waals surface area contributed by atoms with Gasteiger partial charge in [-0.1, -0.05) is 41.9 Å². The van der Waals surface area contributed by atoms with Crippen molar-refractivity contribution in [2.75, 3.05) is 6.61 Å². The summed E-state index contributed by atoms with van der Waals surface area (Å²) in [4.78, 5) is 17.8. The van der Waals surface area contributed by atoms with Gasteiger partial charge in [0.25, 0.3) is 5.91 Å². The molecule has 0 unspecified atom stereocenters. The van der Waals surface area contributed by atoms with Gasteiger partial charge in [0.1, 0.15) is 6.61 Å². The number of aryl methyl sites for hydroxylation is 2. The first-order valence-electron chi connectivity index (χ1n) is 10.9. The van der Waals surface area contributed by atoms with Gasteiger partial charge in [0.15, 0.2) is 16.7 Å². The molecule has 1 saturated heterocycles. The second kappa shape index (κ2) is 10.8.